The van der Waals surface area contributed by atoms with Gasteiger partial charge in [-0.15, -0.1) is 0 Å². The zero-order valence-corrected chi connectivity index (χ0v) is 8.37. The molecular formula is C12H11FN2. The van der Waals surface area contributed by atoms with E-state index < -0.39 is 0 Å². The fourth-order valence-electron chi connectivity index (χ4n) is 2.11. The highest BCUT2D eigenvalue weighted by molar-refractivity contribution is 5.65. The summed E-state index contributed by atoms with van der Waals surface area (Å²) in [5.74, 6) is -0.205. The van der Waals surface area contributed by atoms with Crippen LogP contribution in [-0.2, 0) is 0 Å². The van der Waals surface area contributed by atoms with Crippen LogP contribution < -0.4 is 5.32 Å². The van der Waals surface area contributed by atoms with Gasteiger partial charge < -0.3 is 9.88 Å². The number of benzene rings is 1. The second kappa shape index (κ2) is 2.86. The fraction of sp³-hybridized carbons (Fsp3) is 0.167. The standard InChI is InChI=1S/C12H11FN2/c1-8-11-3-2-6-15(11)12-5-4-9(13)7-10(12)14-8/h2-8,14H,1H3. The molecule has 1 aliphatic heterocycles. The van der Waals surface area contributed by atoms with Gasteiger partial charge in [0.05, 0.1) is 17.4 Å². The summed E-state index contributed by atoms with van der Waals surface area (Å²) in [7, 11) is 0. The number of hydrogen-bond donors (Lipinski definition) is 1. The molecule has 1 aliphatic rings. The summed E-state index contributed by atoms with van der Waals surface area (Å²) in [6.45, 7) is 2.07. The zero-order chi connectivity index (χ0) is 10.4. The average Bonchev–Trinajstić information content (AvgIpc) is 2.66. The van der Waals surface area contributed by atoms with E-state index >= 15 is 0 Å². The van der Waals surface area contributed by atoms with Crippen molar-refractivity contribution >= 4 is 5.69 Å². The molecule has 0 radical (unpaired) electrons. The van der Waals surface area contributed by atoms with E-state index in [9.17, 15) is 4.39 Å². The van der Waals surface area contributed by atoms with Crippen LogP contribution in [0.2, 0.25) is 0 Å². The molecule has 0 amide bonds. The molecule has 0 fully saturated rings. The molecule has 1 aromatic heterocycles. The second-order valence-corrected chi connectivity index (χ2v) is 3.83. The summed E-state index contributed by atoms with van der Waals surface area (Å²) in [5, 5.41) is 3.28. The van der Waals surface area contributed by atoms with Crippen LogP contribution in [0.5, 0.6) is 0 Å². The highest BCUT2D eigenvalue weighted by Gasteiger charge is 2.19. The number of aromatic nitrogens is 1. The molecule has 0 saturated carbocycles. The Morgan fingerprint density at radius 2 is 2.20 bits per heavy atom. The quantitative estimate of drug-likeness (QED) is 0.694. The van der Waals surface area contributed by atoms with Crippen molar-refractivity contribution < 1.29 is 4.39 Å². The van der Waals surface area contributed by atoms with Gasteiger partial charge in [-0.3, -0.25) is 0 Å². The lowest BCUT2D eigenvalue weighted by molar-refractivity contribution is 0.626. The molecule has 0 bridgehead atoms. The Morgan fingerprint density at radius 3 is 3.07 bits per heavy atom. The van der Waals surface area contributed by atoms with Gasteiger partial charge in [0.25, 0.3) is 0 Å². The summed E-state index contributed by atoms with van der Waals surface area (Å²) < 4.78 is 15.2. The highest BCUT2D eigenvalue weighted by Crippen LogP contribution is 2.33. The van der Waals surface area contributed by atoms with Crippen LogP contribution in [0, 0.1) is 5.82 Å². The predicted molar refractivity (Wildman–Crippen MR) is 57.8 cm³/mol. The SMILES string of the molecule is CC1Nc2cc(F)ccc2-n2cccc21. The van der Waals surface area contributed by atoms with Crippen LogP contribution in [0.25, 0.3) is 5.69 Å². The maximum Gasteiger partial charge on any atom is 0.125 e. The fourth-order valence-corrected chi connectivity index (χ4v) is 2.11. The minimum absolute atomic E-state index is 0.205. The first-order chi connectivity index (χ1) is 7.25. The van der Waals surface area contributed by atoms with Gasteiger partial charge in [0, 0.05) is 11.9 Å². The molecule has 0 aliphatic carbocycles. The van der Waals surface area contributed by atoms with Crippen LogP contribution in [0.3, 0.4) is 0 Å². The van der Waals surface area contributed by atoms with E-state index in [1.165, 1.54) is 17.8 Å². The van der Waals surface area contributed by atoms with Gasteiger partial charge in [0.15, 0.2) is 0 Å². The third-order valence-corrected chi connectivity index (χ3v) is 2.81. The number of hydrogen-bond acceptors (Lipinski definition) is 1. The van der Waals surface area contributed by atoms with Crippen LogP contribution in [0.1, 0.15) is 18.7 Å². The van der Waals surface area contributed by atoms with Gasteiger partial charge >= 0.3 is 0 Å². The van der Waals surface area contributed by atoms with Crippen LogP contribution in [0.4, 0.5) is 10.1 Å². The topological polar surface area (TPSA) is 17.0 Å². The first-order valence-corrected chi connectivity index (χ1v) is 4.99. The van der Waals surface area contributed by atoms with E-state index in [0.717, 1.165) is 11.4 Å². The zero-order valence-electron chi connectivity index (χ0n) is 8.37. The molecule has 1 atom stereocenters. The maximum atomic E-state index is 13.1. The first kappa shape index (κ1) is 8.53. The van der Waals surface area contributed by atoms with Crippen molar-refractivity contribution in [3.8, 4) is 5.69 Å². The Morgan fingerprint density at radius 1 is 1.33 bits per heavy atom. The number of halogens is 1. The highest BCUT2D eigenvalue weighted by atomic mass is 19.1. The summed E-state index contributed by atoms with van der Waals surface area (Å²) in [6.07, 6.45) is 2.00. The van der Waals surface area contributed by atoms with E-state index in [0.29, 0.717) is 0 Å². The van der Waals surface area contributed by atoms with Gasteiger partial charge in [-0.1, -0.05) is 0 Å². The van der Waals surface area contributed by atoms with Crippen molar-refractivity contribution in [2.75, 3.05) is 5.32 Å². The van der Waals surface area contributed by atoms with Crippen molar-refractivity contribution in [2.45, 2.75) is 13.0 Å². The number of fused-ring (bicyclic) bond motifs is 3. The lowest BCUT2D eigenvalue weighted by atomic mass is 10.1. The van der Waals surface area contributed by atoms with Crippen molar-refractivity contribution in [1.82, 2.24) is 4.57 Å². The molecule has 2 aromatic rings. The Hall–Kier alpha value is -1.77. The third-order valence-electron chi connectivity index (χ3n) is 2.81. The molecule has 1 aromatic carbocycles. The molecule has 0 saturated heterocycles. The Labute approximate surface area is 87.3 Å². The Balaban J connectivity index is 2.27. The molecule has 15 heavy (non-hydrogen) atoms. The summed E-state index contributed by atoms with van der Waals surface area (Å²) >= 11 is 0. The lowest BCUT2D eigenvalue weighted by Gasteiger charge is -2.26. The average molecular weight is 202 g/mol. The molecule has 0 spiro atoms. The lowest BCUT2D eigenvalue weighted by Crippen LogP contribution is -2.18. The van der Waals surface area contributed by atoms with Crippen molar-refractivity contribution in [2.24, 2.45) is 0 Å². The third kappa shape index (κ3) is 1.16. The predicted octanol–water partition coefficient (Wildman–Crippen LogP) is 3.10. The van der Waals surface area contributed by atoms with Gasteiger partial charge in [0.2, 0.25) is 0 Å². The van der Waals surface area contributed by atoms with Gasteiger partial charge in [0.1, 0.15) is 5.82 Å². The van der Waals surface area contributed by atoms with Crippen LogP contribution in [-0.4, -0.2) is 4.57 Å². The molecule has 1 N–H and O–H groups in total. The number of nitrogens with one attached hydrogen (secondary N) is 1. The first-order valence-electron chi connectivity index (χ1n) is 4.99. The van der Waals surface area contributed by atoms with Crippen molar-refractivity contribution in [3.63, 3.8) is 0 Å². The van der Waals surface area contributed by atoms with Crippen molar-refractivity contribution in [3.05, 3.63) is 48.0 Å². The molecule has 2 heterocycles. The maximum absolute atomic E-state index is 13.1. The Kier molecular flexibility index (Phi) is 1.63. The smallest absolute Gasteiger partial charge is 0.125 e. The summed E-state index contributed by atoms with van der Waals surface area (Å²) in [6, 6.07) is 9.12. The Bertz CT molecular complexity index is 516. The minimum Gasteiger partial charge on any atom is -0.375 e. The van der Waals surface area contributed by atoms with E-state index in [4.69, 9.17) is 0 Å². The molecule has 1 unspecified atom stereocenters. The number of nitrogens with zero attached hydrogens (tertiary/aromatic N) is 1. The van der Waals surface area contributed by atoms with E-state index in [1.807, 2.05) is 12.3 Å². The molecule has 2 nitrogen and oxygen atoms in total. The van der Waals surface area contributed by atoms with Gasteiger partial charge in [-0.05, 0) is 37.3 Å². The molecule has 76 valence electrons. The van der Waals surface area contributed by atoms with Crippen LogP contribution >= 0.6 is 0 Å². The van der Waals surface area contributed by atoms with Gasteiger partial charge in [-0.25, -0.2) is 4.39 Å². The summed E-state index contributed by atoms with van der Waals surface area (Å²) in [5.41, 5.74) is 3.06. The van der Waals surface area contributed by atoms with Crippen LogP contribution in [0.15, 0.2) is 36.5 Å². The molecular weight excluding hydrogens is 191 g/mol. The van der Waals surface area contributed by atoms with E-state index in [-0.39, 0.29) is 11.9 Å². The monoisotopic (exact) mass is 202 g/mol. The van der Waals surface area contributed by atoms with E-state index in [1.54, 1.807) is 6.07 Å². The number of rotatable bonds is 0. The normalized spacial score (nSPS) is 17.9. The minimum atomic E-state index is -0.205. The number of anilines is 1. The molecule has 3 heteroatoms. The second-order valence-electron chi connectivity index (χ2n) is 3.83. The summed E-state index contributed by atoms with van der Waals surface area (Å²) in [4.78, 5) is 0. The molecule has 3 rings (SSSR count). The van der Waals surface area contributed by atoms with Crippen molar-refractivity contribution in [1.29, 1.82) is 0 Å². The largest absolute Gasteiger partial charge is 0.375 e. The van der Waals surface area contributed by atoms with Gasteiger partial charge in [-0.2, -0.15) is 0 Å². The van der Waals surface area contributed by atoms with E-state index in [2.05, 4.69) is 22.9 Å².